The van der Waals surface area contributed by atoms with Crippen LogP contribution in [0.25, 0.3) is 0 Å². The van der Waals surface area contributed by atoms with Gasteiger partial charge in [0.05, 0.1) is 16.2 Å². The first-order valence-electron chi connectivity index (χ1n) is 9.24. The number of rotatable bonds is 6. The van der Waals surface area contributed by atoms with Gasteiger partial charge in [0.15, 0.2) is 0 Å². The van der Waals surface area contributed by atoms with Crippen molar-refractivity contribution in [3.05, 3.63) is 64.4 Å². The molecule has 1 aliphatic rings. The lowest BCUT2D eigenvalue weighted by Gasteiger charge is -2.32. The number of carbonyl (C=O) groups is 1. The van der Waals surface area contributed by atoms with Crippen LogP contribution in [0, 0.1) is 5.82 Å². The third-order valence-electron chi connectivity index (χ3n) is 5.01. The number of amides is 1. The number of benzene rings is 2. The van der Waals surface area contributed by atoms with E-state index in [0.717, 1.165) is 19.3 Å². The van der Waals surface area contributed by atoms with Gasteiger partial charge in [0, 0.05) is 24.3 Å². The smallest absolute Gasteiger partial charge is 0.252 e. The van der Waals surface area contributed by atoms with Crippen molar-refractivity contribution in [2.24, 2.45) is 0 Å². The van der Waals surface area contributed by atoms with E-state index in [9.17, 15) is 14.3 Å². The van der Waals surface area contributed by atoms with Gasteiger partial charge < -0.3 is 15.7 Å². The van der Waals surface area contributed by atoms with Gasteiger partial charge in [-0.3, -0.25) is 4.79 Å². The summed E-state index contributed by atoms with van der Waals surface area (Å²) in [5.41, 5.74) is 0.706. The molecule has 2 aromatic carbocycles. The second kappa shape index (κ2) is 8.72. The Morgan fingerprint density at radius 3 is 2.63 bits per heavy atom. The maximum atomic E-state index is 13.7. The van der Waals surface area contributed by atoms with Crippen molar-refractivity contribution in [3.8, 4) is 0 Å². The molecule has 0 saturated heterocycles. The quantitative estimate of drug-likeness (QED) is 0.679. The summed E-state index contributed by atoms with van der Waals surface area (Å²) >= 11 is 6.18. The van der Waals surface area contributed by atoms with Crippen LogP contribution in [0.5, 0.6) is 0 Å². The molecule has 3 N–H and O–H groups in total. The standard InChI is InChI=1S/C21H24ClFN2O2/c22-18-9-8-16(24-13-15-6-2-3-7-19(15)23)12-17(18)20(26)25-14-21(27)10-4-1-5-11-21/h2-3,6-9,12,24,27H,1,4-5,10-11,13-14H2,(H,25,26). The number of carbonyl (C=O) groups excluding carboxylic acids is 1. The number of hydrogen-bond donors (Lipinski definition) is 3. The minimum Gasteiger partial charge on any atom is -0.388 e. The van der Waals surface area contributed by atoms with E-state index in [0.29, 0.717) is 41.2 Å². The molecule has 4 nitrogen and oxygen atoms in total. The SMILES string of the molecule is O=C(NCC1(O)CCCCC1)c1cc(NCc2ccccc2F)ccc1Cl. The van der Waals surface area contributed by atoms with Crippen molar-refractivity contribution < 1.29 is 14.3 Å². The summed E-state index contributed by atoms with van der Waals surface area (Å²) in [6.45, 7) is 0.518. The van der Waals surface area contributed by atoms with Gasteiger partial charge in [0.2, 0.25) is 0 Å². The molecule has 1 saturated carbocycles. The molecular formula is C21H24ClFN2O2. The van der Waals surface area contributed by atoms with Crippen LogP contribution in [-0.2, 0) is 6.54 Å². The first kappa shape index (κ1) is 19.6. The fraction of sp³-hybridized carbons (Fsp3) is 0.381. The minimum atomic E-state index is -0.832. The molecule has 0 radical (unpaired) electrons. The summed E-state index contributed by atoms with van der Waals surface area (Å²) in [5.74, 6) is -0.605. The Labute approximate surface area is 163 Å². The Kier molecular flexibility index (Phi) is 6.34. The number of hydrogen-bond acceptors (Lipinski definition) is 3. The number of anilines is 1. The number of aliphatic hydroxyl groups is 1. The van der Waals surface area contributed by atoms with Crippen molar-refractivity contribution in [1.29, 1.82) is 0 Å². The van der Waals surface area contributed by atoms with Crippen LogP contribution in [0.1, 0.15) is 48.0 Å². The zero-order valence-electron chi connectivity index (χ0n) is 15.1. The Bertz CT molecular complexity index is 807. The highest BCUT2D eigenvalue weighted by Crippen LogP contribution is 2.28. The molecular weight excluding hydrogens is 367 g/mol. The van der Waals surface area contributed by atoms with E-state index in [4.69, 9.17) is 11.6 Å². The van der Waals surface area contributed by atoms with Crippen molar-refractivity contribution >= 4 is 23.2 Å². The number of nitrogens with one attached hydrogen (secondary N) is 2. The number of halogens is 2. The fourth-order valence-corrected chi connectivity index (χ4v) is 3.58. The molecule has 0 atom stereocenters. The predicted molar refractivity (Wildman–Crippen MR) is 106 cm³/mol. The molecule has 3 rings (SSSR count). The predicted octanol–water partition coefficient (Wildman–Crippen LogP) is 4.52. The van der Waals surface area contributed by atoms with Gasteiger partial charge in [0.25, 0.3) is 5.91 Å². The fourth-order valence-electron chi connectivity index (χ4n) is 3.37. The minimum absolute atomic E-state index is 0.217. The first-order valence-corrected chi connectivity index (χ1v) is 9.62. The Balaban J connectivity index is 1.63. The van der Waals surface area contributed by atoms with Gasteiger partial charge in [-0.1, -0.05) is 49.1 Å². The third kappa shape index (κ3) is 5.21. The highest BCUT2D eigenvalue weighted by molar-refractivity contribution is 6.34. The largest absolute Gasteiger partial charge is 0.388 e. The molecule has 0 spiro atoms. The average molecular weight is 391 g/mol. The van der Waals surface area contributed by atoms with Crippen LogP contribution in [0.4, 0.5) is 10.1 Å². The van der Waals surface area contributed by atoms with Crippen LogP contribution in [0.15, 0.2) is 42.5 Å². The molecule has 0 heterocycles. The lowest BCUT2D eigenvalue weighted by atomic mass is 9.85. The molecule has 27 heavy (non-hydrogen) atoms. The molecule has 144 valence electrons. The van der Waals surface area contributed by atoms with Gasteiger partial charge in [-0.25, -0.2) is 4.39 Å². The Morgan fingerprint density at radius 1 is 1.15 bits per heavy atom. The van der Waals surface area contributed by atoms with E-state index in [-0.39, 0.29) is 18.3 Å². The summed E-state index contributed by atoms with van der Waals surface area (Å²) in [7, 11) is 0. The van der Waals surface area contributed by atoms with E-state index in [1.807, 2.05) is 0 Å². The molecule has 2 aromatic rings. The van der Waals surface area contributed by atoms with Crippen LogP contribution in [-0.4, -0.2) is 23.2 Å². The second-order valence-corrected chi connectivity index (χ2v) is 7.51. The van der Waals surface area contributed by atoms with Gasteiger partial charge >= 0.3 is 0 Å². The van der Waals surface area contributed by atoms with E-state index in [1.165, 1.54) is 6.07 Å². The summed E-state index contributed by atoms with van der Waals surface area (Å²) in [5, 5.41) is 16.8. The molecule has 0 bridgehead atoms. The topological polar surface area (TPSA) is 61.4 Å². The van der Waals surface area contributed by atoms with E-state index in [2.05, 4.69) is 10.6 Å². The maximum Gasteiger partial charge on any atom is 0.252 e. The zero-order chi connectivity index (χ0) is 19.3. The summed E-state index contributed by atoms with van der Waals surface area (Å²) in [6, 6.07) is 11.6. The molecule has 0 aliphatic heterocycles. The average Bonchev–Trinajstić information content (AvgIpc) is 2.67. The first-order chi connectivity index (χ1) is 13.0. The van der Waals surface area contributed by atoms with Crippen molar-refractivity contribution in [1.82, 2.24) is 5.32 Å². The van der Waals surface area contributed by atoms with E-state index in [1.54, 1.807) is 36.4 Å². The molecule has 1 amide bonds. The molecule has 1 aliphatic carbocycles. The van der Waals surface area contributed by atoms with Gasteiger partial charge in [0.1, 0.15) is 5.82 Å². The third-order valence-corrected chi connectivity index (χ3v) is 5.34. The summed E-state index contributed by atoms with van der Waals surface area (Å²) in [4.78, 5) is 12.5. The lowest BCUT2D eigenvalue weighted by molar-refractivity contribution is 0.00526. The second-order valence-electron chi connectivity index (χ2n) is 7.11. The van der Waals surface area contributed by atoms with E-state index >= 15 is 0 Å². The summed E-state index contributed by atoms with van der Waals surface area (Å²) < 4.78 is 13.7. The lowest BCUT2D eigenvalue weighted by Crippen LogP contribution is -2.44. The highest BCUT2D eigenvalue weighted by atomic mass is 35.5. The van der Waals surface area contributed by atoms with Gasteiger partial charge in [-0.2, -0.15) is 0 Å². The Hall–Kier alpha value is -2.11. The molecule has 6 heteroatoms. The molecule has 0 aromatic heterocycles. The van der Waals surface area contributed by atoms with Crippen LogP contribution in [0.3, 0.4) is 0 Å². The highest BCUT2D eigenvalue weighted by Gasteiger charge is 2.29. The van der Waals surface area contributed by atoms with Crippen LogP contribution in [0.2, 0.25) is 5.02 Å². The summed E-state index contributed by atoms with van der Waals surface area (Å²) in [6.07, 6.45) is 4.47. The molecule has 0 unspecified atom stereocenters. The normalized spacial score (nSPS) is 16.0. The van der Waals surface area contributed by atoms with Crippen molar-refractivity contribution in [2.75, 3.05) is 11.9 Å². The zero-order valence-corrected chi connectivity index (χ0v) is 15.9. The van der Waals surface area contributed by atoms with Gasteiger partial charge in [-0.15, -0.1) is 0 Å². The Morgan fingerprint density at radius 2 is 1.89 bits per heavy atom. The van der Waals surface area contributed by atoms with Crippen molar-refractivity contribution in [2.45, 2.75) is 44.2 Å². The van der Waals surface area contributed by atoms with E-state index < -0.39 is 5.60 Å². The molecule has 1 fully saturated rings. The monoisotopic (exact) mass is 390 g/mol. The van der Waals surface area contributed by atoms with Crippen LogP contribution >= 0.6 is 11.6 Å². The van der Waals surface area contributed by atoms with Crippen molar-refractivity contribution in [3.63, 3.8) is 0 Å². The van der Waals surface area contributed by atoms with Crippen LogP contribution < -0.4 is 10.6 Å². The van der Waals surface area contributed by atoms with Gasteiger partial charge in [-0.05, 0) is 37.1 Å². The maximum absolute atomic E-state index is 13.7.